The summed E-state index contributed by atoms with van der Waals surface area (Å²) in [6, 6.07) is 8.59. The van der Waals surface area contributed by atoms with Crippen LogP contribution in [0.3, 0.4) is 0 Å². The van der Waals surface area contributed by atoms with Crippen LogP contribution in [0.4, 0.5) is 5.95 Å². The number of fused-ring (bicyclic) bond motifs is 2. The fourth-order valence-electron chi connectivity index (χ4n) is 4.53. The van der Waals surface area contributed by atoms with Gasteiger partial charge < -0.3 is 20.1 Å². The number of rotatable bonds is 3. The van der Waals surface area contributed by atoms with E-state index in [1.165, 1.54) is 0 Å². The van der Waals surface area contributed by atoms with Crippen LogP contribution in [0.2, 0.25) is 0 Å². The lowest BCUT2D eigenvalue weighted by molar-refractivity contribution is -0.117. The molecule has 0 bridgehead atoms. The van der Waals surface area contributed by atoms with Gasteiger partial charge in [-0.15, -0.1) is 12.4 Å². The summed E-state index contributed by atoms with van der Waals surface area (Å²) in [5.41, 5.74) is 2.02. The minimum atomic E-state index is 0. The van der Waals surface area contributed by atoms with E-state index >= 15 is 0 Å². The smallest absolute Gasteiger partial charge is 0.209 e. The van der Waals surface area contributed by atoms with Gasteiger partial charge in [-0.05, 0) is 30.0 Å². The van der Waals surface area contributed by atoms with Gasteiger partial charge in [-0.3, -0.25) is 4.79 Å². The Morgan fingerprint density at radius 1 is 1.19 bits per heavy atom. The van der Waals surface area contributed by atoms with Crippen molar-refractivity contribution in [1.82, 2.24) is 20.2 Å². The van der Waals surface area contributed by atoms with Crippen LogP contribution in [0.1, 0.15) is 0 Å². The quantitative estimate of drug-likeness (QED) is 0.809. The van der Waals surface area contributed by atoms with Gasteiger partial charge in [0.1, 0.15) is 0 Å². The van der Waals surface area contributed by atoms with Crippen molar-refractivity contribution >= 4 is 35.8 Å². The molecule has 4 heterocycles. The van der Waals surface area contributed by atoms with E-state index in [2.05, 4.69) is 33.6 Å². The third kappa shape index (κ3) is 2.70. The van der Waals surface area contributed by atoms with Gasteiger partial charge in [0.25, 0.3) is 0 Å². The van der Waals surface area contributed by atoms with E-state index in [1.807, 2.05) is 35.2 Å². The van der Waals surface area contributed by atoms with Crippen LogP contribution >= 0.6 is 12.4 Å². The van der Waals surface area contributed by atoms with Gasteiger partial charge in [-0.1, -0.05) is 24.3 Å². The number of carbonyl (C=O) groups is 1. The van der Waals surface area contributed by atoms with Crippen LogP contribution in [-0.2, 0) is 4.79 Å². The molecule has 7 heteroatoms. The van der Waals surface area contributed by atoms with E-state index in [-0.39, 0.29) is 18.4 Å². The summed E-state index contributed by atoms with van der Waals surface area (Å²) in [4.78, 5) is 23.5. The first-order chi connectivity index (χ1) is 12.3. The van der Waals surface area contributed by atoms with Crippen molar-refractivity contribution in [2.45, 2.75) is 12.1 Å². The number of aromatic amines is 1. The highest BCUT2D eigenvalue weighted by molar-refractivity contribution is 5.85. The lowest BCUT2D eigenvalue weighted by Gasteiger charge is -2.35. The molecule has 136 valence electrons. The molecular formula is C19H22ClN5O. The average molecular weight is 372 g/mol. The van der Waals surface area contributed by atoms with E-state index in [9.17, 15) is 4.79 Å². The normalized spacial score (nSPS) is 29.8. The number of H-pyrrole nitrogens is 1. The first-order valence-corrected chi connectivity index (χ1v) is 8.84. The van der Waals surface area contributed by atoms with Crippen LogP contribution in [-0.4, -0.2) is 53.0 Å². The second-order valence-electron chi connectivity index (χ2n) is 7.12. The number of likely N-dealkylation sites (tertiary alicyclic amines) is 1. The highest BCUT2D eigenvalue weighted by atomic mass is 35.5. The third-order valence-electron chi connectivity index (χ3n) is 5.72. The van der Waals surface area contributed by atoms with Gasteiger partial charge in [0, 0.05) is 31.9 Å². The molecule has 2 aromatic rings. The standard InChI is InChI=1S/C19H21N5O.ClH/c25-12-23-10-13-9-20-18(14(13)11-23)17-7-3-4-8-24(17)19-21-15-5-1-2-6-16(15)22-19;/h1-8,12-14,17-18,20H,9-11H2,(H,21,22);1H. The van der Waals surface area contributed by atoms with E-state index in [1.54, 1.807) is 0 Å². The molecule has 3 aliphatic heterocycles. The number of allylic oxidation sites excluding steroid dienone is 2. The van der Waals surface area contributed by atoms with Gasteiger partial charge in [-0.25, -0.2) is 4.98 Å². The molecule has 4 atom stereocenters. The van der Waals surface area contributed by atoms with Crippen molar-refractivity contribution in [2.75, 3.05) is 24.5 Å². The monoisotopic (exact) mass is 371 g/mol. The summed E-state index contributed by atoms with van der Waals surface area (Å²) in [6.45, 7) is 2.68. The Morgan fingerprint density at radius 2 is 2.08 bits per heavy atom. The first-order valence-electron chi connectivity index (χ1n) is 8.84. The minimum Gasteiger partial charge on any atom is -0.345 e. The predicted molar refractivity (Wildman–Crippen MR) is 104 cm³/mol. The van der Waals surface area contributed by atoms with Crippen LogP contribution in [0, 0.1) is 11.8 Å². The molecule has 6 nitrogen and oxygen atoms in total. The van der Waals surface area contributed by atoms with E-state index in [0.717, 1.165) is 43.0 Å². The Labute approximate surface area is 158 Å². The number of anilines is 1. The number of benzene rings is 1. The predicted octanol–water partition coefficient (Wildman–Crippen LogP) is 1.92. The summed E-state index contributed by atoms with van der Waals surface area (Å²) in [7, 11) is 0. The SMILES string of the molecule is Cl.O=CN1CC2CNC(C3C=CC=CN3c3nc4ccccc4[nH]3)C2C1. The zero-order chi connectivity index (χ0) is 16.8. The van der Waals surface area contributed by atoms with Crippen LogP contribution in [0.25, 0.3) is 11.0 Å². The van der Waals surface area contributed by atoms with E-state index < -0.39 is 0 Å². The second-order valence-corrected chi connectivity index (χ2v) is 7.12. The molecule has 2 fully saturated rings. The summed E-state index contributed by atoms with van der Waals surface area (Å²) in [5.74, 6) is 1.90. The Morgan fingerprint density at radius 3 is 2.92 bits per heavy atom. The Balaban J connectivity index is 0.00000168. The Hall–Kier alpha value is -2.31. The molecule has 26 heavy (non-hydrogen) atoms. The minimum absolute atomic E-state index is 0. The Kier molecular flexibility index (Phi) is 4.46. The largest absolute Gasteiger partial charge is 0.345 e. The molecular weight excluding hydrogens is 350 g/mol. The van der Waals surface area contributed by atoms with Crippen molar-refractivity contribution in [3.8, 4) is 0 Å². The van der Waals surface area contributed by atoms with E-state index in [4.69, 9.17) is 4.98 Å². The molecule has 1 amide bonds. The van der Waals surface area contributed by atoms with Gasteiger partial charge in [-0.2, -0.15) is 0 Å². The summed E-state index contributed by atoms with van der Waals surface area (Å²) in [6.07, 6.45) is 9.46. The van der Waals surface area contributed by atoms with Crippen molar-refractivity contribution < 1.29 is 4.79 Å². The number of hydrogen-bond donors (Lipinski definition) is 2. The zero-order valence-electron chi connectivity index (χ0n) is 14.3. The second kappa shape index (κ2) is 6.78. The van der Waals surface area contributed by atoms with Gasteiger partial charge in [0.2, 0.25) is 12.4 Å². The summed E-state index contributed by atoms with van der Waals surface area (Å²) < 4.78 is 0. The van der Waals surface area contributed by atoms with Crippen molar-refractivity contribution in [1.29, 1.82) is 0 Å². The molecule has 1 aromatic heterocycles. The number of hydrogen-bond acceptors (Lipinski definition) is 4. The van der Waals surface area contributed by atoms with E-state index in [0.29, 0.717) is 17.9 Å². The van der Waals surface area contributed by atoms with Crippen LogP contribution < -0.4 is 10.2 Å². The lowest BCUT2D eigenvalue weighted by Crippen LogP contribution is -2.49. The molecule has 2 N–H and O–H groups in total. The third-order valence-corrected chi connectivity index (χ3v) is 5.72. The van der Waals surface area contributed by atoms with Crippen LogP contribution in [0.5, 0.6) is 0 Å². The fourth-order valence-corrected chi connectivity index (χ4v) is 4.53. The van der Waals surface area contributed by atoms with Crippen molar-refractivity contribution in [3.05, 3.63) is 48.7 Å². The van der Waals surface area contributed by atoms with Gasteiger partial charge in [0.05, 0.1) is 17.1 Å². The van der Waals surface area contributed by atoms with Crippen molar-refractivity contribution in [2.24, 2.45) is 11.8 Å². The summed E-state index contributed by atoms with van der Waals surface area (Å²) >= 11 is 0. The highest BCUT2D eigenvalue weighted by Crippen LogP contribution is 2.35. The number of nitrogens with zero attached hydrogens (tertiary/aromatic N) is 3. The fraction of sp³-hybridized carbons (Fsp3) is 0.368. The molecule has 3 aliphatic rings. The first kappa shape index (κ1) is 17.1. The lowest BCUT2D eigenvalue weighted by atomic mass is 9.88. The molecule has 0 aliphatic carbocycles. The number of imidazole rings is 1. The maximum absolute atomic E-state index is 11.2. The number of halogens is 1. The maximum Gasteiger partial charge on any atom is 0.209 e. The van der Waals surface area contributed by atoms with Gasteiger partial charge in [0.15, 0.2) is 0 Å². The van der Waals surface area contributed by atoms with Gasteiger partial charge >= 0.3 is 0 Å². The molecule has 5 rings (SSSR count). The summed E-state index contributed by atoms with van der Waals surface area (Å²) in [5, 5.41) is 3.70. The highest BCUT2D eigenvalue weighted by Gasteiger charge is 2.46. The molecule has 0 radical (unpaired) electrons. The number of amides is 1. The zero-order valence-corrected chi connectivity index (χ0v) is 15.1. The number of aromatic nitrogens is 2. The average Bonchev–Trinajstić information content (AvgIpc) is 3.34. The number of para-hydroxylation sites is 2. The molecule has 0 spiro atoms. The Bertz CT molecular complexity index is 829. The molecule has 1 aromatic carbocycles. The number of nitrogens with one attached hydrogen (secondary N) is 2. The molecule has 2 saturated heterocycles. The van der Waals surface area contributed by atoms with Crippen LogP contribution in [0.15, 0.2) is 48.7 Å². The number of carbonyl (C=O) groups excluding carboxylic acids is 1. The molecule has 4 unspecified atom stereocenters. The molecule has 0 saturated carbocycles. The maximum atomic E-state index is 11.2. The topological polar surface area (TPSA) is 64.3 Å². The van der Waals surface area contributed by atoms with Crippen molar-refractivity contribution in [3.63, 3.8) is 0 Å².